The number of carbonyl (C=O) groups is 3. The molecule has 0 radical (unpaired) electrons. The van der Waals surface area contributed by atoms with Crippen LogP contribution in [0.15, 0.2) is 0 Å². The third kappa shape index (κ3) is 26.2. The van der Waals surface area contributed by atoms with Crippen LogP contribution in [0.1, 0.15) is 206 Å². The zero-order valence-electron chi connectivity index (χ0n) is 27.9. The van der Waals surface area contributed by atoms with Gasteiger partial charge in [0.2, 0.25) is 5.78 Å². The van der Waals surface area contributed by atoms with Crippen LogP contribution in [-0.4, -0.2) is 24.6 Å². The molecule has 0 amide bonds. The number of ketones is 2. The summed E-state index contributed by atoms with van der Waals surface area (Å²) in [5.74, 6) is -2.36. The van der Waals surface area contributed by atoms with Crippen molar-refractivity contribution in [1.82, 2.24) is 0 Å². The molecule has 1 unspecified atom stereocenters. The first-order valence-corrected chi connectivity index (χ1v) is 18.2. The van der Waals surface area contributed by atoms with Gasteiger partial charge in [-0.3, -0.25) is 14.4 Å². The Bertz CT molecular complexity index is 600. The van der Waals surface area contributed by atoms with Crippen LogP contribution in [0.4, 0.5) is 0 Å². The van der Waals surface area contributed by atoms with Gasteiger partial charge in [0.25, 0.3) is 0 Å². The minimum absolute atomic E-state index is 0.267. The molecule has 0 aliphatic heterocycles. The summed E-state index contributed by atoms with van der Waals surface area (Å²) in [6.45, 7) is 4.53. The first kappa shape index (κ1) is 39.8. The van der Waals surface area contributed by atoms with E-state index in [4.69, 9.17) is 4.74 Å². The molecule has 0 saturated carbocycles. The van der Waals surface area contributed by atoms with E-state index in [9.17, 15) is 14.4 Å². The summed E-state index contributed by atoms with van der Waals surface area (Å²) in [5.41, 5.74) is 0. The van der Waals surface area contributed by atoms with E-state index in [1.807, 2.05) is 0 Å². The largest absolute Gasteiger partial charge is 0.468 e. The topological polar surface area (TPSA) is 60.4 Å². The fourth-order valence-corrected chi connectivity index (χ4v) is 5.84. The maximum atomic E-state index is 12.7. The summed E-state index contributed by atoms with van der Waals surface area (Å²) in [5, 5.41) is 0. The third-order valence-electron chi connectivity index (χ3n) is 8.68. The molecule has 0 N–H and O–H groups in total. The first-order chi connectivity index (χ1) is 20.1. The minimum atomic E-state index is -0.906. The molecule has 0 fully saturated rings. The van der Waals surface area contributed by atoms with Gasteiger partial charge < -0.3 is 4.74 Å². The highest BCUT2D eigenvalue weighted by molar-refractivity contribution is 6.41. The first-order valence-electron chi connectivity index (χ1n) is 18.2. The van der Waals surface area contributed by atoms with Gasteiger partial charge in [0.15, 0.2) is 5.78 Å². The zero-order valence-corrected chi connectivity index (χ0v) is 27.9. The Morgan fingerprint density at radius 3 is 1.05 bits per heavy atom. The summed E-state index contributed by atoms with van der Waals surface area (Å²) < 4.78 is 4.87. The number of methoxy groups -OCH3 is 1. The van der Waals surface area contributed by atoms with Crippen LogP contribution in [-0.2, 0) is 19.1 Å². The van der Waals surface area contributed by atoms with Gasteiger partial charge in [-0.15, -0.1) is 0 Å². The van der Waals surface area contributed by atoms with Crippen LogP contribution >= 0.6 is 0 Å². The lowest BCUT2D eigenvalue weighted by molar-refractivity contribution is -0.153. The average molecular weight is 579 g/mol. The molecule has 0 heterocycles. The molecule has 0 aromatic rings. The van der Waals surface area contributed by atoms with Gasteiger partial charge in [-0.05, 0) is 12.8 Å². The van der Waals surface area contributed by atoms with Crippen LogP contribution in [0.25, 0.3) is 0 Å². The number of ether oxygens (including phenoxy) is 1. The van der Waals surface area contributed by atoms with E-state index >= 15 is 0 Å². The smallest absolute Gasteiger partial charge is 0.316 e. The Labute approximate surface area is 255 Å². The van der Waals surface area contributed by atoms with Crippen LogP contribution in [0.2, 0.25) is 0 Å². The highest BCUT2D eigenvalue weighted by Crippen LogP contribution is 2.18. The van der Waals surface area contributed by atoms with E-state index in [2.05, 4.69) is 13.8 Å². The Morgan fingerprint density at radius 1 is 0.439 bits per heavy atom. The molecule has 0 spiro atoms. The Morgan fingerprint density at radius 2 is 0.732 bits per heavy atom. The SMILES string of the molecule is CCCCCCCCCCCCCCCCC(=O)C(=O)C(CCCCCCCCCCCCCCCC)C(=O)OC. The molecule has 1 atom stereocenters. The van der Waals surface area contributed by atoms with Crippen molar-refractivity contribution in [2.75, 3.05) is 7.11 Å². The molecule has 0 aromatic carbocycles. The number of carbonyl (C=O) groups excluding carboxylic acids is 3. The molecular weight excluding hydrogens is 508 g/mol. The van der Waals surface area contributed by atoms with E-state index in [0.29, 0.717) is 6.42 Å². The summed E-state index contributed by atoms with van der Waals surface area (Å²) in [7, 11) is 1.31. The Balaban J connectivity index is 3.80. The molecule has 0 aromatic heterocycles. The van der Waals surface area contributed by atoms with Crippen LogP contribution < -0.4 is 0 Å². The number of Topliss-reactive ketones (excluding diaryl/α,β-unsaturated/α-hetero) is 2. The molecule has 0 aliphatic rings. The lowest BCUT2D eigenvalue weighted by Crippen LogP contribution is -2.31. The van der Waals surface area contributed by atoms with Gasteiger partial charge in [-0.1, -0.05) is 187 Å². The van der Waals surface area contributed by atoms with Crippen molar-refractivity contribution >= 4 is 17.5 Å². The maximum absolute atomic E-state index is 12.7. The second-order valence-electron chi connectivity index (χ2n) is 12.6. The van der Waals surface area contributed by atoms with Gasteiger partial charge >= 0.3 is 5.97 Å². The highest BCUT2D eigenvalue weighted by atomic mass is 16.5. The predicted molar refractivity (Wildman–Crippen MR) is 175 cm³/mol. The molecular formula is C37H70O4. The summed E-state index contributed by atoms with van der Waals surface area (Å²) in [4.78, 5) is 37.5. The molecule has 0 rings (SSSR count). The number of hydrogen-bond acceptors (Lipinski definition) is 4. The number of rotatable bonds is 33. The van der Waals surface area contributed by atoms with E-state index < -0.39 is 17.7 Å². The molecule has 4 heteroatoms. The Hall–Kier alpha value is -1.19. The highest BCUT2D eigenvalue weighted by Gasteiger charge is 2.31. The number of unbranched alkanes of at least 4 members (excludes halogenated alkanes) is 26. The minimum Gasteiger partial charge on any atom is -0.468 e. The quantitative estimate of drug-likeness (QED) is 0.0336. The van der Waals surface area contributed by atoms with E-state index in [-0.39, 0.29) is 12.2 Å². The van der Waals surface area contributed by atoms with Gasteiger partial charge in [-0.25, -0.2) is 0 Å². The molecule has 41 heavy (non-hydrogen) atoms. The molecule has 0 aliphatic carbocycles. The van der Waals surface area contributed by atoms with Gasteiger partial charge in [0, 0.05) is 6.42 Å². The lowest BCUT2D eigenvalue weighted by Gasteiger charge is -2.13. The van der Waals surface area contributed by atoms with Crippen molar-refractivity contribution in [2.45, 2.75) is 206 Å². The van der Waals surface area contributed by atoms with E-state index in [1.165, 1.54) is 148 Å². The molecule has 242 valence electrons. The van der Waals surface area contributed by atoms with Crippen LogP contribution in [0, 0.1) is 5.92 Å². The fourth-order valence-electron chi connectivity index (χ4n) is 5.84. The summed E-state index contributed by atoms with van der Waals surface area (Å²) >= 11 is 0. The van der Waals surface area contributed by atoms with Crippen molar-refractivity contribution in [3.05, 3.63) is 0 Å². The molecule has 0 bridgehead atoms. The van der Waals surface area contributed by atoms with Crippen molar-refractivity contribution < 1.29 is 19.1 Å². The van der Waals surface area contributed by atoms with Gasteiger partial charge in [0.1, 0.15) is 5.92 Å². The van der Waals surface area contributed by atoms with Crippen molar-refractivity contribution in [2.24, 2.45) is 5.92 Å². The fraction of sp³-hybridized carbons (Fsp3) is 0.919. The maximum Gasteiger partial charge on any atom is 0.316 e. The summed E-state index contributed by atoms with van der Waals surface area (Å²) in [6.07, 6.45) is 36.0. The van der Waals surface area contributed by atoms with E-state index in [0.717, 1.165) is 38.5 Å². The van der Waals surface area contributed by atoms with Gasteiger partial charge in [-0.2, -0.15) is 0 Å². The predicted octanol–water partition coefficient (Wildman–Crippen LogP) is 11.7. The molecule has 4 nitrogen and oxygen atoms in total. The zero-order chi connectivity index (χ0) is 30.2. The van der Waals surface area contributed by atoms with Crippen LogP contribution in [0.5, 0.6) is 0 Å². The van der Waals surface area contributed by atoms with Gasteiger partial charge in [0.05, 0.1) is 7.11 Å². The standard InChI is InChI=1S/C37H70O4/c1-4-6-8-10-12-14-16-18-20-22-24-26-28-30-32-34(37(40)41-3)36(39)35(38)33-31-29-27-25-23-21-19-17-15-13-11-9-7-5-2/h34H,4-33H2,1-3H3. The lowest BCUT2D eigenvalue weighted by atomic mass is 9.92. The summed E-state index contributed by atoms with van der Waals surface area (Å²) in [6, 6.07) is 0. The normalized spacial score (nSPS) is 12.0. The van der Waals surface area contributed by atoms with Crippen molar-refractivity contribution in [1.29, 1.82) is 0 Å². The van der Waals surface area contributed by atoms with E-state index in [1.54, 1.807) is 0 Å². The van der Waals surface area contributed by atoms with Crippen molar-refractivity contribution in [3.63, 3.8) is 0 Å². The Kier molecular flexibility index (Phi) is 30.8. The third-order valence-corrected chi connectivity index (χ3v) is 8.68. The second-order valence-corrected chi connectivity index (χ2v) is 12.6. The van der Waals surface area contributed by atoms with Crippen LogP contribution in [0.3, 0.4) is 0 Å². The van der Waals surface area contributed by atoms with Crippen molar-refractivity contribution in [3.8, 4) is 0 Å². The number of hydrogen-bond donors (Lipinski definition) is 0. The average Bonchev–Trinajstić information content (AvgIpc) is 2.98. The second kappa shape index (κ2) is 31.7. The monoisotopic (exact) mass is 579 g/mol. The number of esters is 1. The molecule has 0 saturated heterocycles.